The molecule has 0 bridgehead atoms. The molecule has 0 aliphatic carbocycles. The van der Waals surface area contributed by atoms with Crippen molar-refractivity contribution in [2.24, 2.45) is 0 Å². The number of aliphatic hydroxyl groups excluding tert-OH is 6. The fourth-order valence-corrected chi connectivity index (χ4v) is 9.70. The second-order valence-corrected chi connectivity index (χ2v) is 20.9. The van der Waals surface area contributed by atoms with Gasteiger partial charge in [0.25, 0.3) is 0 Å². The largest absolute Gasteiger partial charge is 0.394 e. The number of hydrogen-bond acceptors (Lipinski definition) is 9. The summed E-state index contributed by atoms with van der Waals surface area (Å²) in [5.74, 6) is -0.611. The van der Waals surface area contributed by atoms with Gasteiger partial charge in [0.15, 0.2) is 6.29 Å². The van der Waals surface area contributed by atoms with Crippen LogP contribution in [0.15, 0.2) is 12.2 Å². The summed E-state index contributed by atoms with van der Waals surface area (Å²) in [4.78, 5) is 13.1. The first-order valence-corrected chi connectivity index (χ1v) is 29.5. The van der Waals surface area contributed by atoms with Crippen molar-refractivity contribution in [3.63, 3.8) is 0 Å². The molecule has 1 aliphatic heterocycles. The summed E-state index contributed by atoms with van der Waals surface area (Å²) in [7, 11) is 0. The predicted octanol–water partition coefficient (Wildman–Crippen LogP) is 13.4. The molecular weight excluding hydrogens is 855 g/mol. The first-order valence-electron chi connectivity index (χ1n) is 29.5. The summed E-state index contributed by atoms with van der Waals surface area (Å²) < 4.78 is 11.2. The Morgan fingerprint density at radius 2 is 0.838 bits per heavy atom. The van der Waals surface area contributed by atoms with E-state index in [-0.39, 0.29) is 6.61 Å². The minimum absolute atomic E-state index is 0.301. The molecule has 68 heavy (non-hydrogen) atoms. The zero-order valence-electron chi connectivity index (χ0n) is 44.5. The summed E-state index contributed by atoms with van der Waals surface area (Å²) in [5, 5.41) is 64.9. The Balaban J connectivity index is 2.13. The van der Waals surface area contributed by atoms with Crippen molar-refractivity contribution < 1.29 is 44.9 Å². The molecule has 1 aliphatic rings. The lowest BCUT2D eigenvalue weighted by atomic mass is 9.99. The molecule has 8 unspecified atom stereocenters. The van der Waals surface area contributed by atoms with Gasteiger partial charge in [-0.3, -0.25) is 4.79 Å². The van der Waals surface area contributed by atoms with Crippen LogP contribution in [0.4, 0.5) is 0 Å². The third kappa shape index (κ3) is 36.8. The molecule has 10 nitrogen and oxygen atoms in total. The maximum absolute atomic E-state index is 13.1. The van der Waals surface area contributed by atoms with Gasteiger partial charge in [-0.05, 0) is 19.3 Å². The number of carbonyl (C=O) groups is 1. The predicted molar refractivity (Wildman–Crippen MR) is 283 cm³/mol. The molecule has 0 radical (unpaired) electrons. The van der Waals surface area contributed by atoms with Crippen molar-refractivity contribution in [3.8, 4) is 0 Å². The van der Waals surface area contributed by atoms with Gasteiger partial charge in [0, 0.05) is 0 Å². The van der Waals surface area contributed by atoms with Crippen molar-refractivity contribution in [1.82, 2.24) is 5.32 Å². The zero-order chi connectivity index (χ0) is 49.6. The number of nitrogens with one attached hydrogen (secondary N) is 1. The number of aliphatic hydroxyl groups is 6. The Bertz CT molecular complexity index is 1090. The number of amides is 1. The molecule has 0 spiro atoms. The third-order valence-corrected chi connectivity index (χ3v) is 14.5. The standard InChI is InChI=1S/C58H113NO9/c1-3-5-7-9-11-13-15-17-18-19-20-21-22-23-24-25-26-27-28-29-30-31-32-33-34-35-37-39-41-43-45-47-52(62)57(66)59-50(49-67-58-56(65)55(64)54(63)53(48-60)68-58)51(61)46-44-42-40-38-36-16-14-12-10-8-6-4-2/h44,46,50-56,58,60-65H,3-43,45,47-49H2,1-2H3,(H,59,66)/b46-44+. The lowest BCUT2D eigenvalue weighted by molar-refractivity contribution is -0.302. The molecule has 1 amide bonds. The Kier molecular flexibility index (Phi) is 46.0. The van der Waals surface area contributed by atoms with E-state index in [1.807, 2.05) is 6.08 Å². The van der Waals surface area contributed by atoms with E-state index in [0.29, 0.717) is 6.42 Å². The van der Waals surface area contributed by atoms with Crippen LogP contribution in [0.1, 0.15) is 290 Å². The molecule has 1 fully saturated rings. The van der Waals surface area contributed by atoms with E-state index in [2.05, 4.69) is 19.2 Å². The molecule has 8 atom stereocenters. The molecule has 0 saturated carbocycles. The Hall–Kier alpha value is -1.11. The van der Waals surface area contributed by atoms with Gasteiger partial charge < -0.3 is 45.4 Å². The Morgan fingerprint density at radius 3 is 1.19 bits per heavy atom. The van der Waals surface area contributed by atoms with Crippen LogP contribution in [0.5, 0.6) is 0 Å². The summed E-state index contributed by atoms with van der Waals surface area (Å²) in [6.45, 7) is 3.63. The SMILES string of the molecule is CCCCCCCCCCCC/C=C/C(O)C(COC1OC(CO)C(O)C(O)C1O)NC(=O)C(O)CCCCCCCCCCCCCCCCCCCCCCCCCCCCCCCCC. The molecule has 0 aromatic rings. The molecule has 10 heteroatoms. The maximum Gasteiger partial charge on any atom is 0.249 e. The number of ether oxygens (including phenoxy) is 2. The van der Waals surface area contributed by atoms with Gasteiger partial charge in [-0.1, -0.05) is 283 Å². The number of unbranched alkanes of at least 4 members (excludes halogenated alkanes) is 40. The van der Waals surface area contributed by atoms with Gasteiger partial charge >= 0.3 is 0 Å². The van der Waals surface area contributed by atoms with E-state index in [1.54, 1.807) is 6.08 Å². The Morgan fingerprint density at radius 1 is 0.500 bits per heavy atom. The quantitative estimate of drug-likeness (QED) is 0.0232. The molecule has 1 rings (SSSR count). The third-order valence-electron chi connectivity index (χ3n) is 14.5. The highest BCUT2D eigenvalue weighted by Crippen LogP contribution is 2.23. The summed E-state index contributed by atoms with van der Waals surface area (Å²) in [6.07, 6.45) is 49.1. The number of carbonyl (C=O) groups excluding carboxylic acids is 1. The first-order chi connectivity index (χ1) is 33.3. The van der Waals surface area contributed by atoms with Crippen LogP contribution in [0.3, 0.4) is 0 Å². The van der Waals surface area contributed by atoms with Crippen LogP contribution in [-0.2, 0) is 14.3 Å². The van der Waals surface area contributed by atoms with E-state index in [9.17, 15) is 35.4 Å². The lowest BCUT2D eigenvalue weighted by Gasteiger charge is -2.40. The summed E-state index contributed by atoms with van der Waals surface area (Å²) in [6, 6.07) is -0.975. The zero-order valence-corrected chi connectivity index (χ0v) is 44.5. The minimum Gasteiger partial charge on any atom is -0.394 e. The molecule has 404 valence electrons. The van der Waals surface area contributed by atoms with Crippen molar-refractivity contribution in [2.75, 3.05) is 13.2 Å². The van der Waals surface area contributed by atoms with Gasteiger partial charge in [-0.2, -0.15) is 0 Å². The van der Waals surface area contributed by atoms with Crippen LogP contribution in [0.2, 0.25) is 0 Å². The van der Waals surface area contributed by atoms with Gasteiger partial charge in [0.05, 0.1) is 25.4 Å². The number of rotatable bonds is 51. The molecule has 1 heterocycles. The molecule has 0 aromatic carbocycles. The van der Waals surface area contributed by atoms with E-state index < -0.39 is 61.5 Å². The summed E-state index contributed by atoms with van der Waals surface area (Å²) in [5.41, 5.74) is 0. The topological polar surface area (TPSA) is 169 Å². The van der Waals surface area contributed by atoms with E-state index in [1.165, 1.54) is 225 Å². The number of hydrogen-bond donors (Lipinski definition) is 7. The highest BCUT2D eigenvalue weighted by molar-refractivity contribution is 5.80. The average Bonchev–Trinajstić information content (AvgIpc) is 3.34. The average molecular weight is 969 g/mol. The normalized spacial score (nSPS) is 20.0. The van der Waals surface area contributed by atoms with Gasteiger partial charge in [0.1, 0.15) is 30.5 Å². The highest BCUT2D eigenvalue weighted by atomic mass is 16.7. The van der Waals surface area contributed by atoms with Crippen LogP contribution in [0, 0.1) is 0 Å². The fraction of sp³-hybridized carbons (Fsp3) is 0.948. The van der Waals surface area contributed by atoms with Gasteiger partial charge in [-0.25, -0.2) is 0 Å². The molecule has 1 saturated heterocycles. The van der Waals surface area contributed by atoms with Crippen molar-refractivity contribution >= 4 is 5.91 Å². The smallest absolute Gasteiger partial charge is 0.249 e. The van der Waals surface area contributed by atoms with Crippen molar-refractivity contribution in [1.29, 1.82) is 0 Å². The van der Waals surface area contributed by atoms with Gasteiger partial charge in [-0.15, -0.1) is 0 Å². The van der Waals surface area contributed by atoms with Gasteiger partial charge in [0.2, 0.25) is 5.91 Å². The summed E-state index contributed by atoms with van der Waals surface area (Å²) >= 11 is 0. The molecular formula is C58H113NO9. The van der Waals surface area contributed by atoms with E-state index in [0.717, 1.165) is 44.9 Å². The van der Waals surface area contributed by atoms with Crippen LogP contribution < -0.4 is 5.32 Å². The monoisotopic (exact) mass is 968 g/mol. The second kappa shape index (κ2) is 48.2. The fourth-order valence-electron chi connectivity index (χ4n) is 9.70. The minimum atomic E-state index is -1.61. The van der Waals surface area contributed by atoms with Crippen LogP contribution in [0.25, 0.3) is 0 Å². The van der Waals surface area contributed by atoms with Crippen LogP contribution in [-0.4, -0.2) is 98.7 Å². The second-order valence-electron chi connectivity index (χ2n) is 20.9. The van der Waals surface area contributed by atoms with E-state index >= 15 is 0 Å². The maximum atomic E-state index is 13.1. The van der Waals surface area contributed by atoms with Crippen molar-refractivity contribution in [3.05, 3.63) is 12.2 Å². The first kappa shape index (κ1) is 64.9. The lowest BCUT2D eigenvalue weighted by Crippen LogP contribution is -2.60. The van der Waals surface area contributed by atoms with Crippen molar-refractivity contribution in [2.45, 2.75) is 339 Å². The number of allylic oxidation sites excluding steroid dienone is 1. The molecule has 7 N–H and O–H groups in total. The molecule has 0 aromatic heterocycles. The van der Waals surface area contributed by atoms with Crippen LogP contribution >= 0.6 is 0 Å². The Labute approximate surface area is 419 Å². The highest BCUT2D eigenvalue weighted by Gasteiger charge is 2.44. The van der Waals surface area contributed by atoms with E-state index in [4.69, 9.17) is 9.47 Å².